The van der Waals surface area contributed by atoms with Crippen molar-refractivity contribution >= 4 is 17.8 Å². The van der Waals surface area contributed by atoms with Crippen LogP contribution in [0.4, 0.5) is 9.18 Å². The molecule has 1 aliphatic heterocycles. The van der Waals surface area contributed by atoms with Crippen LogP contribution in [0.5, 0.6) is 0 Å². The van der Waals surface area contributed by atoms with E-state index in [4.69, 9.17) is 0 Å². The Morgan fingerprint density at radius 2 is 2.09 bits per heavy atom. The average molecular weight is 305 g/mol. The molecule has 6 nitrogen and oxygen atoms in total. The van der Waals surface area contributed by atoms with Crippen LogP contribution in [0.25, 0.3) is 0 Å². The topological polar surface area (TPSA) is 69.7 Å². The number of urea groups is 1. The largest absolute Gasteiger partial charge is 0.345 e. The zero-order valence-corrected chi connectivity index (χ0v) is 12.1. The van der Waals surface area contributed by atoms with Crippen LogP contribution in [0.1, 0.15) is 18.4 Å². The van der Waals surface area contributed by atoms with E-state index in [1.165, 1.54) is 24.1 Å². The lowest BCUT2D eigenvalue weighted by Crippen LogP contribution is -2.44. The molecule has 2 fully saturated rings. The molecule has 2 aliphatic rings. The second-order valence-corrected chi connectivity index (χ2v) is 5.76. The van der Waals surface area contributed by atoms with E-state index in [0.29, 0.717) is 18.4 Å². The highest BCUT2D eigenvalue weighted by atomic mass is 19.1. The zero-order valence-electron chi connectivity index (χ0n) is 12.1. The van der Waals surface area contributed by atoms with Crippen molar-refractivity contribution in [1.29, 1.82) is 0 Å². The number of hydrogen-bond donors (Lipinski definition) is 1. The van der Waals surface area contributed by atoms with Crippen LogP contribution < -0.4 is 5.32 Å². The molecule has 0 spiro atoms. The Kier molecular flexibility index (Phi) is 3.35. The fourth-order valence-corrected chi connectivity index (χ4v) is 2.67. The lowest BCUT2D eigenvalue weighted by Gasteiger charge is -2.20. The minimum Gasteiger partial charge on any atom is -0.345 e. The fraction of sp³-hybridized carbons (Fsp3) is 0.400. The number of carbonyl (C=O) groups is 3. The summed E-state index contributed by atoms with van der Waals surface area (Å²) in [6, 6.07) is 5.62. The van der Waals surface area contributed by atoms with Gasteiger partial charge in [0.25, 0.3) is 5.91 Å². The van der Waals surface area contributed by atoms with Crippen LogP contribution in [0.3, 0.4) is 0 Å². The molecule has 4 amide bonds. The van der Waals surface area contributed by atoms with Gasteiger partial charge >= 0.3 is 6.03 Å². The average Bonchev–Trinajstić information content (AvgIpc) is 3.20. The Labute approximate surface area is 126 Å². The normalized spacial score (nSPS) is 19.5. The van der Waals surface area contributed by atoms with Gasteiger partial charge in [0.1, 0.15) is 18.9 Å². The lowest BCUT2D eigenvalue weighted by atomic mass is 10.0. The molecular weight excluding hydrogens is 289 g/mol. The molecule has 0 bridgehead atoms. The monoisotopic (exact) mass is 305 g/mol. The number of amides is 4. The summed E-state index contributed by atoms with van der Waals surface area (Å²) < 4.78 is 13.3. The molecular formula is C15H16FN3O3. The Bertz CT molecular complexity index is 657. The Morgan fingerprint density at radius 1 is 1.36 bits per heavy atom. The maximum Gasteiger partial charge on any atom is 0.327 e. The first-order valence-corrected chi connectivity index (χ1v) is 7.04. The number of carbonyl (C=O) groups excluding carboxylic acids is 3. The number of hydrogen-bond acceptors (Lipinski definition) is 3. The molecule has 1 saturated carbocycles. The molecule has 1 aromatic rings. The van der Waals surface area contributed by atoms with Crippen molar-refractivity contribution in [2.45, 2.75) is 18.4 Å². The van der Waals surface area contributed by atoms with Crippen molar-refractivity contribution in [2.24, 2.45) is 0 Å². The SMILES string of the molecule is CN1CC(=O)N(CC(=O)NC2(c3cccc(F)c3)CC2)C1=O. The molecule has 1 aromatic carbocycles. The second kappa shape index (κ2) is 5.08. The smallest absolute Gasteiger partial charge is 0.327 e. The molecule has 7 heteroatoms. The number of benzene rings is 1. The lowest BCUT2D eigenvalue weighted by molar-refractivity contribution is -0.131. The highest BCUT2D eigenvalue weighted by molar-refractivity contribution is 6.04. The fourth-order valence-electron chi connectivity index (χ4n) is 2.67. The van der Waals surface area contributed by atoms with Crippen LogP contribution in [0, 0.1) is 5.82 Å². The minimum absolute atomic E-state index is 0.0127. The summed E-state index contributed by atoms with van der Waals surface area (Å²) in [6.45, 7) is -0.319. The predicted molar refractivity (Wildman–Crippen MR) is 75.2 cm³/mol. The third-order valence-electron chi connectivity index (χ3n) is 4.04. The van der Waals surface area contributed by atoms with Crippen molar-refractivity contribution in [3.8, 4) is 0 Å². The Hall–Kier alpha value is -2.44. The van der Waals surface area contributed by atoms with Gasteiger partial charge in [-0.25, -0.2) is 9.18 Å². The van der Waals surface area contributed by atoms with Gasteiger partial charge in [-0.2, -0.15) is 0 Å². The first kappa shape index (κ1) is 14.5. The quantitative estimate of drug-likeness (QED) is 0.838. The summed E-state index contributed by atoms with van der Waals surface area (Å²) in [5.74, 6) is -1.17. The van der Waals surface area contributed by atoms with Crippen molar-refractivity contribution in [1.82, 2.24) is 15.1 Å². The molecule has 116 valence electrons. The summed E-state index contributed by atoms with van der Waals surface area (Å²) in [6.07, 6.45) is 1.42. The number of halogens is 1. The molecule has 0 radical (unpaired) electrons. The van der Waals surface area contributed by atoms with E-state index in [1.54, 1.807) is 12.1 Å². The summed E-state index contributed by atoms with van der Waals surface area (Å²) in [4.78, 5) is 37.7. The van der Waals surface area contributed by atoms with Crippen molar-refractivity contribution in [2.75, 3.05) is 20.1 Å². The molecule has 22 heavy (non-hydrogen) atoms. The summed E-state index contributed by atoms with van der Waals surface area (Å²) in [7, 11) is 1.51. The van der Waals surface area contributed by atoms with E-state index in [-0.39, 0.29) is 18.9 Å². The van der Waals surface area contributed by atoms with Gasteiger partial charge in [0.15, 0.2) is 0 Å². The predicted octanol–water partition coefficient (Wildman–Crippen LogP) is 0.825. The maximum absolute atomic E-state index is 13.3. The maximum atomic E-state index is 13.3. The zero-order chi connectivity index (χ0) is 15.9. The van der Waals surface area contributed by atoms with E-state index in [2.05, 4.69) is 5.32 Å². The van der Waals surface area contributed by atoms with E-state index in [9.17, 15) is 18.8 Å². The Morgan fingerprint density at radius 3 is 2.64 bits per heavy atom. The first-order valence-electron chi connectivity index (χ1n) is 7.04. The number of rotatable bonds is 4. The van der Waals surface area contributed by atoms with E-state index >= 15 is 0 Å². The third kappa shape index (κ3) is 2.54. The number of nitrogens with one attached hydrogen (secondary N) is 1. The van der Waals surface area contributed by atoms with Gasteiger partial charge in [0.2, 0.25) is 5.91 Å². The van der Waals surface area contributed by atoms with Crippen molar-refractivity contribution in [3.63, 3.8) is 0 Å². The van der Waals surface area contributed by atoms with E-state index in [1.807, 2.05) is 0 Å². The standard InChI is InChI=1S/C15H16FN3O3/c1-18-9-13(21)19(14(18)22)8-12(20)17-15(5-6-15)10-3-2-4-11(16)7-10/h2-4,7H,5-6,8-9H2,1H3,(H,17,20). The molecule has 0 unspecified atom stereocenters. The third-order valence-corrected chi connectivity index (χ3v) is 4.04. The van der Waals surface area contributed by atoms with Gasteiger partial charge in [-0.05, 0) is 30.5 Å². The minimum atomic E-state index is -0.573. The van der Waals surface area contributed by atoms with Crippen LogP contribution >= 0.6 is 0 Å². The van der Waals surface area contributed by atoms with Gasteiger partial charge in [-0.15, -0.1) is 0 Å². The molecule has 1 N–H and O–H groups in total. The van der Waals surface area contributed by atoms with Crippen molar-refractivity contribution in [3.05, 3.63) is 35.6 Å². The van der Waals surface area contributed by atoms with E-state index < -0.39 is 23.4 Å². The van der Waals surface area contributed by atoms with Gasteiger partial charge in [0, 0.05) is 7.05 Å². The molecule has 1 heterocycles. The van der Waals surface area contributed by atoms with Crippen molar-refractivity contribution < 1.29 is 18.8 Å². The van der Waals surface area contributed by atoms with Gasteiger partial charge in [-0.1, -0.05) is 12.1 Å². The van der Waals surface area contributed by atoms with Crippen LogP contribution in [-0.4, -0.2) is 47.8 Å². The number of nitrogens with zero attached hydrogens (tertiary/aromatic N) is 2. The number of imide groups is 1. The van der Waals surface area contributed by atoms with E-state index in [0.717, 1.165) is 4.90 Å². The number of likely N-dealkylation sites (N-methyl/N-ethyl adjacent to an activating group) is 1. The second-order valence-electron chi connectivity index (χ2n) is 5.76. The highest BCUT2D eigenvalue weighted by Gasteiger charge is 2.46. The summed E-state index contributed by atoms with van der Waals surface area (Å²) in [5.41, 5.74) is 0.133. The molecule has 0 aromatic heterocycles. The van der Waals surface area contributed by atoms with Gasteiger partial charge in [0.05, 0.1) is 5.54 Å². The van der Waals surface area contributed by atoms with Gasteiger partial charge in [-0.3, -0.25) is 14.5 Å². The van der Waals surface area contributed by atoms with Crippen LogP contribution in [-0.2, 0) is 15.1 Å². The van der Waals surface area contributed by atoms with Crippen LogP contribution in [0.2, 0.25) is 0 Å². The highest BCUT2D eigenvalue weighted by Crippen LogP contribution is 2.45. The summed E-state index contributed by atoms with van der Waals surface area (Å²) in [5, 5.41) is 2.82. The first-order chi connectivity index (χ1) is 10.4. The molecule has 3 rings (SSSR count). The molecule has 1 aliphatic carbocycles. The van der Waals surface area contributed by atoms with Crippen LogP contribution in [0.15, 0.2) is 24.3 Å². The molecule has 1 saturated heterocycles. The molecule has 0 atom stereocenters. The summed E-state index contributed by atoms with van der Waals surface area (Å²) >= 11 is 0. The Balaban J connectivity index is 1.67. The van der Waals surface area contributed by atoms with Gasteiger partial charge < -0.3 is 10.2 Å².